The highest BCUT2D eigenvalue weighted by Crippen LogP contribution is 2.24. The third kappa shape index (κ3) is 5.36. The molecule has 6 nitrogen and oxygen atoms in total. The number of likely N-dealkylation sites (tertiary alicyclic amines) is 1. The first-order valence-corrected chi connectivity index (χ1v) is 11.2. The minimum Gasteiger partial charge on any atom is -0.497 e. The number of carboxylic acid groups (broad SMARTS) is 1. The minimum atomic E-state index is -0.962. The molecule has 0 aliphatic carbocycles. The SMILES string of the molecule is COc1ccc(CN(Cc2ccc(C(=O)N3CCCC3C(=O)O)cc2)c2ccc(F)cc2)cc1. The molecule has 0 radical (unpaired) electrons. The largest absolute Gasteiger partial charge is 0.497 e. The molecule has 3 aromatic rings. The van der Waals surface area contributed by atoms with Crippen LogP contribution in [-0.2, 0) is 17.9 Å². The highest BCUT2D eigenvalue weighted by molar-refractivity contribution is 5.97. The fraction of sp³-hybridized carbons (Fsp3) is 0.259. The zero-order chi connectivity index (χ0) is 24.1. The number of methoxy groups -OCH3 is 1. The number of nitrogens with zero attached hydrogens (tertiary/aromatic N) is 2. The van der Waals surface area contributed by atoms with E-state index in [1.54, 1.807) is 31.4 Å². The second-order valence-electron chi connectivity index (χ2n) is 8.37. The molecule has 1 atom stereocenters. The van der Waals surface area contributed by atoms with Gasteiger partial charge >= 0.3 is 5.97 Å². The van der Waals surface area contributed by atoms with Gasteiger partial charge in [0.15, 0.2) is 0 Å². The maximum absolute atomic E-state index is 13.5. The fourth-order valence-electron chi connectivity index (χ4n) is 4.25. The lowest BCUT2D eigenvalue weighted by molar-refractivity contribution is -0.141. The van der Waals surface area contributed by atoms with Crippen LogP contribution in [0, 0.1) is 5.82 Å². The lowest BCUT2D eigenvalue weighted by Crippen LogP contribution is -2.40. The molecule has 0 aromatic heterocycles. The molecule has 176 valence electrons. The normalized spacial score (nSPS) is 15.2. The fourth-order valence-corrected chi connectivity index (χ4v) is 4.25. The molecule has 7 heteroatoms. The number of carboxylic acids is 1. The molecule has 1 heterocycles. The van der Waals surface area contributed by atoms with Crippen LogP contribution in [0.25, 0.3) is 0 Å². The van der Waals surface area contributed by atoms with Crippen LogP contribution >= 0.6 is 0 Å². The number of carbonyl (C=O) groups excluding carboxylic acids is 1. The van der Waals surface area contributed by atoms with Gasteiger partial charge in [0.1, 0.15) is 17.6 Å². The van der Waals surface area contributed by atoms with Crippen LogP contribution < -0.4 is 9.64 Å². The number of anilines is 1. The van der Waals surface area contributed by atoms with Crippen molar-refractivity contribution in [3.8, 4) is 5.75 Å². The molecule has 4 rings (SSSR count). The average molecular weight is 463 g/mol. The summed E-state index contributed by atoms with van der Waals surface area (Å²) < 4.78 is 18.7. The second kappa shape index (κ2) is 10.4. The Hall–Kier alpha value is -3.87. The van der Waals surface area contributed by atoms with Crippen molar-refractivity contribution < 1.29 is 23.8 Å². The van der Waals surface area contributed by atoms with E-state index in [9.17, 15) is 19.1 Å². The minimum absolute atomic E-state index is 0.259. The molecular weight excluding hydrogens is 435 g/mol. The van der Waals surface area contributed by atoms with Crippen LogP contribution in [0.3, 0.4) is 0 Å². The lowest BCUT2D eigenvalue weighted by atomic mass is 10.1. The van der Waals surface area contributed by atoms with Gasteiger partial charge in [-0.15, -0.1) is 0 Å². The van der Waals surface area contributed by atoms with Crippen molar-refractivity contribution in [2.45, 2.75) is 32.0 Å². The number of aliphatic carboxylic acids is 1. The van der Waals surface area contributed by atoms with Gasteiger partial charge < -0.3 is 19.6 Å². The molecule has 1 aliphatic rings. The first-order chi connectivity index (χ1) is 16.4. The van der Waals surface area contributed by atoms with Crippen LogP contribution in [0.1, 0.15) is 34.3 Å². The van der Waals surface area contributed by atoms with Crippen molar-refractivity contribution in [1.82, 2.24) is 4.90 Å². The van der Waals surface area contributed by atoms with Crippen molar-refractivity contribution in [2.24, 2.45) is 0 Å². The Morgan fingerprint density at radius 2 is 1.56 bits per heavy atom. The molecule has 1 saturated heterocycles. The van der Waals surface area contributed by atoms with E-state index < -0.39 is 12.0 Å². The van der Waals surface area contributed by atoms with Gasteiger partial charge in [-0.25, -0.2) is 9.18 Å². The molecule has 1 aliphatic heterocycles. The molecule has 1 amide bonds. The molecule has 3 aromatic carbocycles. The number of halogens is 1. The predicted octanol–water partition coefficient (Wildman–Crippen LogP) is 4.73. The number of benzene rings is 3. The Morgan fingerprint density at radius 3 is 2.12 bits per heavy atom. The highest BCUT2D eigenvalue weighted by atomic mass is 19.1. The average Bonchev–Trinajstić information content (AvgIpc) is 3.35. The van der Waals surface area contributed by atoms with Gasteiger partial charge in [-0.3, -0.25) is 4.79 Å². The van der Waals surface area contributed by atoms with E-state index >= 15 is 0 Å². The summed E-state index contributed by atoms with van der Waals surface area (Å²) in [6, 6.07) is 20.6. The Labute approximate surface area is 198 Å². The number of carbonyl (C=O) groups is 2. The molecule has 34 heavy (non-hydrogen) atoms. The van der Waals surface area contributed by atoms with E-state index in [1.807, 2.05) is 36.4 Å². The Bertz CT molecular complexity index is 1130. The quantitative estimate of drug-likeness (QED) is 0.524. The van der Waals surface area contributed by atoms with Crippen molar-refractivity contribution >= 4 is 17.6 Å². The van der Waals surface area contributed by atoms with E-state index in [0.29, 0.717) is 38.0 Å². The number of rotatable bonds is 8. The van der Waals surface area contributed by atoms with Gasteiger partial charge in [0, 0.05) is 30.9 Å². The maximum Gasteiger partial charge on any atom is 0.326 e. The summed E-state index contributed by atoms with van der Waals surface area (Å²) in [6.45, 7) is 1.61. The molecule has 1 fully saturated rings. The van der Waals surface area contributed by atoms with Gasteiger partial charge in [0.25, 0.3) is 5.91 Å². The summed E-state index contributed by atoms with van der Waals surface area (Å²) in [6.07, 6.45) is 1.18. The summed E-state index contributed by atoms with van der Waals surface area (Å²) in [5, 5.41) is 9.37. The monoisotopic (exact) mass is 462 g/mol. The van der Waals surface area contributed by atoms with Crippen LogP contribution in [0.2, 0.25) is 0 Å². The highest BCUT2D eigenvalue weighted by Gasteiger charge is 2.34. The molecule has 0 spiro atoms. The van der Waals surface area contributed by atoms with Crippen molar-refractivity contribution in [1.29, 1.82) is 0 Å². The van der Waals surface area contributed by atoms with E-state index in [0.717, 1.165) is 22.6 Å². The van der Waals surface area contributed by atoms with Crippen LogP contribution in [0.5, 0.6) is 5.75 Å². The Morgan fingerprint density at radius 1 is 0.971 bits per heavy atom. The van der Waals surface area contributed by atoms with Gasteiger partial charge in [0.2, 0.25) is 0 Å². The van der Waals surface area contributed by atoms with Crippen LogP contribution in [0.15, 0.2) is 72.8 Å². The van der Waals surface area contributed by atoms with Gasteiger partial charge in [-0.1, -0.05) is 24.3 Å². The number of hydrogen-bond donors (Lipinski definition) is 1. The standard InChI is InChI=1S/C27H27FN2O4/c1-34-24-14-6-20(7-15-24)18-29(23-12-10-22(28)11-13-23)17-19-4-8-21(9-5-19)26(31)30-16-2-3-25(30)27(32)33/h4-15,25H,2-3,16-18H2,1H3,(H,32,33). The predicted molar refractivity (Wildman–Crippen MR) is 127 cm³/mol. The smallest absolute Gasteiger partial charge is 0.326 e. The van der Waals surface area contributed by atoms with Crippen molar-refractivity contribution in [2.75, 3.05) is 18.6 Å². The lowest BCUT2D eigenvalue weighted by Gasteiger charge is -2.26. The summed E-state index contributed by atoms with van der Waals surface area (Å²) >= 11 is 0. The molecular formula is C27H27FN2O4. The molecule has 0 saturated carbocycles. The van der Waals surface area contributed by atoms with Crippen LogP contribution in [-0.4, -0.2) is 41.6 Å². The zero-order valence-electron chi connectivity index (χ0n) is 19.0. The van der Waals surface area contributed by atoms with E-state index in [2.05, 4.69) is 4.90 Å². The third-order valence-corrected chi connectivity index (χ3v) is 6.10. The number of hydrogen-bond acceptors (Lipinski definition) is 4. The Kier molecular flexibility index (Phi) is 7.11. The zero-order valence-corrected chi connectivity index (χ0v) is 19.0. The first kappa shape index (κ1) is 23.3. The summed E-state index contributed by atoms with van der Waals surface area (Å²) in [4.78, 5) is 27.8. The van der Waals surface area contributed by atoms with E-state index in [-0.39, 0.29) is 11.7 Å². The van der Waals surface area contributed by atoms with Gasteiger partial charge in [0.05, 0.1) is 7.11 Å². The molecule has 1 N–H and O–H groups in total. The van der Waals surface area contributed by atoms with E-state index in [1.165, 1.54) is 17.0 Å². The topological polar surface area (TPSA) is 70.1 Å². The van der Waals surface area contributed by atoms with Crippen LogP contribution in [0.4, 0.5) is 10.1 Å². The summed E-state index contributed by atoms with van der Waals surface area (Å²) in [5.41, 5.74) is 3.40. The molecule has 1 unspecified atom stereocenters. The van der Waals surface area contributed by atoms with Crippen molar-refractivity contribution in [3.05, 3.63) is 95.3 Å². The van der Waals surface area contributed by atoms with Crippen molar-refractivity contribution in [3.63, 3.8) is 0 Å². The Balaban J connectivity index is 1.52. The summed E-state index contributed by atoms with van der Waals surface area (Å²) in [5.74, 6) is -0.737. The van der Waals surface area contributed by atoms with E-state index in [4.69, 9.17) is 4.74 Å². The summed E-state index contributed by atoms with van der Waals surface area (Å²) in [7, 11) is 1.62. The molecule has 0 bridgehead atoms. The van der Waals surface area contributed by atoms with Gasteiger partial charge in [-0.05, 0) is 72.5 Å². The number of ether oxygens (including phenoxy) is 1. The number of amides is 1. The second-order valence-corrected chi connectivity index (χ2v) is 8.37. The van der Waals surface area contributed by atoms with Gasteiger partial charge in [-0.2, -0.15) is 0 Å². The maximum atomic E-state index is 13.5. The first-order valence-electron chi connectivity index (χ1n) is 11.2. The third-order valence-electron chi connectivity index (χ3n) is 6.10.